The first-order chi connectivity index (χ1) is 8.96. The lowest BCUT2D eigenvalue weighted by atomic mass is 9.93. The Morgan fingerprint density at radius 2 is 2.32 bits per heavy atom. The van der Waals surface area contributed by atoms with Crippen LogP contribution >= 0.6 is 27.3 Å². The molecule has 2 unspecified atom stereocenters. The molecule has 1 saturated heterocycles. The highest BCUT2D eigenvalue weighted by Gasteiger charge is 2.33. The van der Waals surface area contributed by atoms with Crippen molar-refractivity contribution in [2.45, 2.75) is 30.0 Å². The van der Waals surface area contributed by atoms with Crippen LogP contribution < -0.4 is 5.32 Å². The summed E-state index contributed by atoms with van der Waals surface area (Å²) < 4.78 is 27.9. The standard InChI is InChI=1S/C12H19BrN2O2S2/c1-9(14-2)10-4-3-6-15(8-10)19(16,17)12-11(13)5-7-18-12/h5,7,9-10,14H,3-4,6,8H2,1-2H3. The molecule has 0 radical (unpaired) electrons. The third-order valence-electron chi connectivity index (χ3n) is 3.74. The van der Waals surface area contributed by atoms with Crippen LogP contribution in [0, 0.1) is 5.92 Å². The fourth-order valence-electron chi connectivity index (χ4n) is 2.42. The van der Waals surface area contributed by atoms with Crippen LogP contribution in [0.25, 0.3) is 0 Å². The molecule has 4 nitrogen and oxygen atoms in total. The topological polar surface area (TPSA) is 49.4 Å². The molecule has 19 heavy (non-hydrogen) atoms. The van der Waals surface area contributed by atoms with Gasteiger partial charge in [0.1, 0.15) is 4.21 Å². The van der Waals surface area contributed by atoms with Crippen molar-refractivity contribution < 1.29 is 8.42 Å². The van der Waals surface area contributed by atoms with E-state index < -0.39 is 10.0 Å². The van der Waals surface area contributed by atoms with Gasteiger partial charge in [-0.3, -0.25) is 0 Å². The van der Waals surface area contributed by atoms with E-state index in [0.717, 1.165) is 12.8 Å². The molecule has 0 aromatic carbocycles. The van der Waals surface area contributed by atoms with Gasteiger partial charge in [0.25, 0.3) is 10.0 Å². The molecule has 0 amide bonds. The largest absolute Gasteiger partial charge is 0.317 e. The van der Waals surface area contributed by atoms with Crippen molar-refractivity contribution in [2.75, 3.05) is 20.1 Å². The van der Waals surface area contributed by atoms with E-state index in [4.69, 9.17) is 0 Å². The van der Waals surface area contributed by atoms with E-state index >= 15 is 0 Å². The van der Waals surface area contributed by atoms with Crippen LogP contribution in [-0.4, -0.2) is 38.9 Å². The highest BCUT2D eigenvalue weighted by atomic mass is 79.9. The first-order valence-electron chi connectivity index (χ1n) is 6.37. The third kappa shape index (κ3) is 3.21. The van der Waals surface area contributed by atoms with Gasteiger partial charge in [-0.2, -0.15) is 4.31 Å². The number of rotatable bonds is 4. The second-order valence-corrected chi connectivity index (χ2v) is 8.80. The van der Waals surface area contributed by atoms with Crippen molar-refractivity contribution in [1.82, 2.24) is 9.62 Å². The Hall–Kier alpha value is 0.0500. The van der Waals surface area contributed by atoms with E-state index in [1.807, 2.05) is 7.05 Å². The molecule has 2 heterocycles. The van der Waals surface area contributed by atoms with Crippen molar-refractivity contribution in [2.24, 2.45) is 5.92 Å². The molecule has 0 saturated carbocycles. The number of piperidine rings is 1. The summed E-state index contributed by atoms with van der Waals surface area (Å²) in [7, 11) is -1.42. The van der Waals surface area contributed by atoms with Crippen molar-refractivity contribution in [3.63, 3.8) is 0 Å². The predicted molar refractivity (Wildman–Crippen MR) is 82.0 cm³/mol. The van der Waals surface area contributed by atoms with Gasteiger partial charge in [-0.05, 0) is 60.1 Å². The molecule has 1 N–H and O–H groups in total. The number of sulfonamides is 1. The zero-order valence-corrected chi connectivity index (χ0v) is 14.3. The molecule has 0 spiro atoms. The molecule has 1 fully saturated rings. The molecule has 7 heteroatoms. The van der Waals surface area contributed by atoms with Gasteiger partial charge < -0.3 is 5.32 Å². The predicted octanol–water partition coefficient (Wildman–Crippen LogP) is 2.52. The first kappa shape index (κ1) is 15.4. The summed E-state index contributed by atoms with van der Waals surface area (Å²) in [6, 6.07) is 2.12. The molecule has 1 aromatic heterocycles. The van der Waals surface area contributed by atoms with E-state index in [1.165, 1.54) is 11.3 Å². The second kappa shape index (κ2) is 6.22. The van der Waals surface area contributed by atoms with Crippen LogP contribution in [0.2, 0.25) is 0 Å². The average molecular weight is 367 g/mol. The van der Waals surface area contributed by atoms with Crippen LogP contribution in [0.1, 0.15) is 19.8 Å². The van der Waals surface area contributed by atoms with Crippen LogP contribution in [0.15, 0.2) is 20.1 Å². The maximum atomic E-state index is 12.6. The summed E-state index contributed by atoms with van der Waals surface area (Å²) in [6.07, 6.45) is 2.01. The Morgan fingerprint density at radius 3 is 2.89 bits per heavy atom. The highest BCUT2D eigenvalue weighted by Crippen LogP contribution is 2.32. The zero-order chi connectivity index (χ0) is 14.0. The Balaban J connectivity index is 2.20. The van der Waals surface area contributed by atoms with Gasteiger partial charge in [0.05, 0.1) is 0 Å². The molecular weight excluding hydrogens is 348 g/mol. The summed E-state index contributed by atoms with van der Waals surface area (Å²) in [5.74, 6) is 0.382. The molecule has 108 valence electrons. The van der Waals surface area contributed by atoms with Crippen LogP contribution in [-0.2, 0) is 10.0 Å². The average Bonchev–Trinajstić information content (AvgIpc) is 2.85. The number of nitrogens with zero attached hydrogens (tertiary/aromatic N) is 1. The lowest BCUT2D eigenvalue weighted by Crippen LogP contribution is -2.45. The van der Waals surface area contributed by atoms with E-state index in [2.05, 4.69) is 28.2 Å². The number of nitrogens with one attached hydrogen (secondary N) is 1. The molecule has 0 aliphatic carbocycles. The van der Waals surface area contributed by atoms with Gasteiger partial charge in [0.15, 0.2) is 0 Å². The lowest BCUT2D eigenvalue weighted by molar-refractivity contribution is 0.229. The maximum absolute atomic E-state index is 12.6. The Labute approximate surface area is 127 Å². The van der Waals surface area contributed by atoms with E-state index in [9.17, 15) is 8.42 Å². The fraction of sp³-hybridized carbons (Fsp3) is 0.667. The minimum Gasteiger partial charge on any atom is -0.317 e. The SMILES string of the molecule is CNC(C)C1CCCN(S(=O)(=O)c2sccc2Br)C1. The molecule has 1 aliphatic heterocycles. The fourth-order valence-corrected chi connectivity index (χ4v) is 6.40. The highest BCUT2D eigenvalue weighted by molar-refractivity contribution is 9.10. The third-order valence-corrected chi connectivity index (χ3v) is 8.25. The minimum absolute atomic E-state index is 0.338. The van der Waals surface area contributed by atoms with Crippen molar-refractivity contribution in [1.29, 1.82) is 0 Å². The number of halogens is 1. The molecule has 1 aliphatic rings. The summed E-state index contributed by atoms with van der Waals surface area (Å²) in [6.45, 7) is 3.34. The number of hydrogen-bond donors (Lipinski definition) is 1. The van der Waals surface area contributed by atoms with E-state index in [0.29, 0.717) is 33.7 Å². The lowest BCUT2D eigenvalue weighted by Gasteiger charge is -2.34. The van der Waals surface area contributed by atoms with E-state index in [-0.39, 0.29) is 0 Å². The van der Waals surface area contributed by atoms with E-state index in [1.54, 1.807) is 15.8 Å². The van der Waals surface area contributed by atoms with Gasteiger partial charge in [-0.15, -0.1) is 11.3 Å². The van der Waals surface area contributed by atoms with Crippen molar-refractivity contribution in [3.8, 4) is 0 Å². The summed E-state index contributed by atoms with van der Waals surface area (Å²) in [4.78, 5) is 0. The maximum Gasteiger partial charge on any atom is 0.253 e. The van der Waals surface area contributed by atoms with Crippen LogP contribution in [0.3, 0.4) is 0 Å². The second-order valence-electron chi connectivity index (χ2n) is 4.90. The molecule has 2 rings (SSSR count). The van der Waals surface area contributed by atoms with Gasteiger partial charge in [-0.1, -0.05) is 0 Å². The molecule has 2 atom stereocenters. The zero-order valence-electron chi connectivity index (χ0n) is 11.1. The van der Waals surface area contributed by atoms with Crippen LogP contribution in [0.5, 0.6) is 0 Å². The monoisotopic (exact) mass is 366 g/mol. The summed E-state index contributed by atoms with van der Waals surface area (Å²) in [5, 5.41) is 5.02. The number of hydrogen-bond acceptors (Lipinski definition) is 4. The van der Waals surface area contributed by atoms with Gasteiger partial charge >= 0.3 is 0 Å². The Bertz CT molecular complexity index is 530. The molecule has 0 bridgehead atoms. The quantitative estimate of drug-likeness (QED) is 0.890. The van der Waals surface area contributed by atoms with Crippen LogP contribution in [0.4, 0.5) is 0 Å². The summed E-state index contributed by atoms with van der Waals surface area (Å²) in [5.41, 5.74) is 0. The minimum atomic E-state index is -3.35. The Morgan fingerprint density at radius 1 is 1.58 bits per heavy atom. The normalized spacial score (nSPS) is 23.4. The smallest absolute Gasteiger partial charge is 0.253 e. The Kier molecular flexibility index (Phi) is 5.05. The van der Waals surface area contributed by atoms with Gasteiger partial charge in [0, 0.05) is 23.6 Å². The van der Waals surface area contributed by atoms with Crippen molar-refractivity contribution in [3.05, 3.63) is 15.9 Å². The first-order valence-corrected chi connectivity index (χ1v) is 9.48. The summed E-state index contributed by atoms with van der Waals surface area (Å²) >= 11 is 4.59. The number of thiophene rings is 1. The molecule has 1 aromatic rings. The van der Waals surface area contributed by atoms with Crippen molar-refractivity contribution >= 4 is 37.3 Å². The van der Waals surface area contributed by atoms with Gasteiger partial charge in [0.2, 0.25) is 0 Å². The molecular formula is C12H19BrN2O2S2. The van der Waals surface area contributed by atoms with Gasteiger partial charge in [-0.25, -0.2) is 8.42 Å².